The van der Waals surface area contributed by atoms with Crippen molar-refractivity contribution >= 4 is 43.2 Å². The van der Waals surface area contributed by atoms with E-state index in [2.05, 4.69) is 74.3 Å². The van der Waals surface area contributed by atoms with Crippen molar-refractivity contribution in [2.75, 3.05) is 0 Å². The second-order valence-electron chi connectivity index (χ2n) is 4.46. The van der Waals surface area contributed by atoms with Crippen LogP contribution in [-0.4, -0.2) is 0 Å². The topological polar surface area (TPSA) is 0 Å². The highest BCUT2D eigenvalue weighted by Gasteiger charge is 2.43. The summed E-state index contributed by atoms with van der Waals surface area (Å²) in [7, 11) is 0. The lowest BCUT2D eigenvalue weighted by molar-refractivity contribution is 0.798. The molecule has 0 saturated heterocycles. The first-order valence-electron chi connectivity index (χ1n) is 5.70. The molecule has 0 amide bonds. The van der Waals surface area contributed by atoms with Crippen LogP contribution in [0.3, 0.4) is 0 Å². The summed E-state index contributed by atoms with van der Waals surface area (Å²) in [6, 6.07) is 15.2. The van der Waals surface area contributed by atoms with Crippen molar-refractivity contribution in [3.63, 3.8) is 0 Å². The van der Waals surface area contributed by atoms with Gasteiger partial charge in [0, 0.05) is 4.88 Å². The van der Waals surface area contributed by atoms with Crippen molar-refractivity contribution in [3.05, 3.63) is 56.7 Å². The second kappa shape index (κ2) is 4.87. The summed E-state index contributed by atoms with van der Waals surface area (Å²) < 4.78 is 1.22. The van der Waals surface area contributed by atoms with Gasteiger partial charge in [-0.3, -0.25) is 0 Å². The molecule has 0 bridgehead atoms. The van der Waals surface area contributed by atoms with Crippen molar-refractivity contribution in [1.82, 2.24) is 0 Å². The van der Waals surface area contributed by atoms with E-state index in [9.17, 15) is 0 Å². The normalized spacial score (nSPS) is 24.6. The summed E-state index contributed by atoms with van der Waals surface area (Å²) in [5, 5.41) is 0. The van der Waals surface area contributed by atoms with Gasteiger partial charge in [-0.25, -0.2) is 0 Å². The predicted molar refractivity (Wildman–Crippen MR) is 81.0 cm³/mol. The van der Waals surface area contributed by atoms with E-state index in [1.54, 1.807) is 0 Å². The fourth-order valence-corrected chi connectivity index (χ4v) is 4.80. The molecule has 0 N–H and O–H groups in total. The van der Waals surface area contributed by atoms with E-state index in [4.69, 9.17) is 0 Å². The molecule has 1 aromatic carbocycles. The van der Waals surface area contributed by atoms with Gasteiger partial charge in [-0.1, -0.05) is 46.3 Å². The second-order valence-corrected chi connectivity index (χ2v) is 7.94. The van der Waals surface area contributed by atoms with Crippen LogP contribution >= 0.6 is 43.2 Å². The molecule has 0 radical (unpaired) electrons. The Labute approximate surface area is 122 Å². The van der Waals surface area contributed by atoms with Crippen LogP contribution in [0, 0.1) is 5.92 Å². The van der Waals surface area contributed by atoms with Gasteiger partial charge in [-0.2, -0.15) is 0 Å². The van der Waals surface area contributed by atoms with E-state index < -0.39 is 0 Å². The van der Waals surface area contributed by atoms with Gasteiger partial charge >= 0.3 is 0 Å². The highest BCUT2D eigenvalue weighted by Crippen LogP contribution is 2.58. The van der Waals surface area contributed by atoms with E-state index in [1.165, 1.54) is 20.6 Å². The van der Waals surface area contributed by atoms with Gasteiger partial charge in [-0.05, 0) is 51.9 Å². The first-order valence-corrected chi connectivity index (χ1v) is 8.22. The van der Waals surface area contributed by atoms with Gasteiger partial charge in [0.05, 0.1) is 8.61 Å². The Morgan fingerprint density at radius 1 is 1.12 bits per heavy atom. The average molecular weight is 372 g/mol. The lowest BCUT2D eigenvalue weighted by Crippen LogP contribution is -1.91. The number of thiophene rings is 1. The standard InChI is InChI=1S/C14H12Br2S/c15-13-7-6-12(17-13)14(16)11-8-10(11)9-4-2-1-3-5-9/h1-7,10-11,14H,8H2. The van der Waals surface area contributed by atoms with Gasteiger partial charge in [0.15, 0.2) is 0 Å². The Morgan fingerprint density at radius 3 is 2.53 bits per heavy atom. The number of benzene rings is 1. The van der Waals surface area contributed by atoms with E-state index in [0.717, 1.165) is 11.8 Å². The highest BCUT2D eigenvalue weighted by molar-refractivity contribution is 9.11. The third-order valence-electron chi connectivity index (χ3n) is 3.31. The Bertz CT molecular complexity index is 506. The molecule has 3 heteroatoms. The monoisotopic (exact) mass is 370 g/mol. The molecule has 1 saturated carbocycles. The maximum Gasteiger partial charge on any atom is 0.0701 e. The zero-order valence-corrected chi connectivity index (χ0v) is 13.1. The lowest BCUT2D eigenvalue weighted by Gasteiger charge is -2.06. The molecular formula is C14H12Br2S. The maximum atomic E-state index is 3.85. The molecule has 17 heavy (non-hydrogen) atoms. The molecule has 0 nitrogen and oxygen atoms in total. The van der Waals surface area contributed by atoms with E-state index in [-0.39, 0.29) is 0 Å². The smallest absolute Gasteiger partial charge is 0.0701 e. The van der Waals surface area contributed by atoms with Crippen LogP contribution < -0.4 is 0 Å². The number of hydrogen-bond acceptors (Lipinski definition) is 1. The first-order chi connectivity index (χ1) is 8.25. The summed E-state index contributed by atoms with van der Waals surface area (Å²) in [6.07, 6.45) is 1.30. The number of halogens is 2. The largest absolute Gasteiger partial charge is 0.132 e. The Balaban J connectivity index is 1.73. The maximum absolute atomic E-state index is 3.85. The Morgan fingerprint density at radius 2 is 1.88 bits per heavy atom. The van der Waals surface area contributed by atoms with Gasteiger partial charge in [0.1, 0.15) is 0 Å². The zero-order chi connectivity index (χ0) is 11.8. The molecule has 1 aliphatic rings. The quantitative estimate of drug-likeness (QED) is 0.602. The predicted octanol–water partition coefficient (Wildman–Crippen LogP) is 5.75. The van der Waals surface area contributed by atoms with E-state index in [1.807, 2.05) is 11.3 Å². The lowest BCUT2D eigenvalue weighted by atomic mass is 10.1. The van der Waals surface area contributed by atoms with Crippen LogP contribution in [0.15, 0.2) is 46.3 Å². The fraction of sp³-hybridized carbons (Fsp3) is 0.286. The van der Waals surface area contributed by atoms with E-state index >= 15 is 0 Å². The van der Waals surface area contributed by atoms with E-state index in [0.29, 0.717) is 4.83 Å². The molecule has 3 rings (SSSR count). The fourth-order valence-electron chi connectivity index (χ4n) is 2.31. The van der Waals surface area contributed by atoms with Crippen LogP contribution in [0.25, 0.3) is 0 Å². The third kappa shape index (κ3) is 2.51. The molecule has 0 aliphatic heterocycles. The Kier molecular flexibility index (Phi) is 3.42. The molecule has 3 atom stereocenters. The van der Waals surface area contributed by atoms with Crippen LogP contribution in [-0.2, 0) is 0 Å². The minimum Gasteiger partial charge on any atom is -0.132 e. The molecule has 3 unspecified atom stereocenters. The molecular weight excluding hydrogens is 360 g/mol. The highest BCUT2D eigenvalue weighted by atomic mass is 79.9. The average Bonchev–Trinajstić information content (AvgIpc) is 3.05. The number of alkyl halides is 1. The summed E-state index contributed by atoms with van der Waals surface area (Å²) in [4.78, 5) is 1.93. The summed E-state index contributed by atoms with van der Waals surface area (Å²) in [6.45, 7) is 0. The van der Waals surface area contributed by atoms with Gasteiger partial charge in [0.2, 0.25) is 0 Å². The summed E-state index contributed by atoms with van der Waals surface area (Å²) in [5.41, 5.74) is 1.48. The molecule has 0 spiro atoms. The number of rotatable bonds is 3. The molecule has 1 aromatic heterocycles. The van der Waals surface area contributed by atoms with Crippen LogP contribution in [0.5, 0.6) is 0 Å². The van der Waals surface area contributed by atoms with Crippen LogP contribution in [0.2, 0.25) is 0 Å². The third-order valence-corrected chi connectivity index (χ3v) is 6.49. The summed E-state index contributed by atoms with van der Waals surface area (Å²) >= 11 is 9.21. The first kappa shape index (κ1) is 11.9. The minimum atomic E-state index is 0.504. The van der Waals surface area contributed by atoms with Crippen molar-refractivity contribution in [3.8, 4) is 0 Å². The van der Waals surface area contributed by atoms with Crippen molar-refractivity contribution < 1.29 is 0 Å². The van der Waals surface area contributed by atoms with Crippen molar-refractivity contribution in [1.29, 1.82) is 0 Å². The van der Waals surface area contributed by atoms with Crippen LogP contribution in [0.1, 0.15) is 27.6 Å². The zero-order valence-electron chi connectivity index (χ0n) is 9.14. The molecule has 2 aromatic rings. The Hall–Kier alpha value is -0.120. The van der Waals surface area contributed by atoms with Crippen molar-refractivity contribution in [2.24, 2.45) is 5.92 Å². The van der Waals surface area contributed by atoms with Gasteiger partial charge in [-0.15, -0.1) is 11.3 Å². The van der Waals surface area contributed by atoms with Gasteiger partial charge < -0.3 is 0 Å². The van der Waals surface area contributed by atoms with Gasteiger partial charge in [0.25, 0.3) is 0 Å². The SMILES string of the molecule is Brc1ccc(C(Br)C2CC2c2ccccc2)s1. The number of hydrogen-bond donors (Lipinski definition) is 0. The molecule has 1 aliphatic carbocycles. The summed E-state index contributed by atoms with van der Waals surface area (Å²) in [5.74, 6) is 1.49. The molecule has 1 fully saturated rings. The molecule has 88 valence electrons. The molecule has 1 heterocycles. The van der Waals surface area contributed by atoms with Crippen molar-refractivity contribution in [2.45, 2.75) is 17.2 Å². The van der Waals surface area contributed by atoms with Crippen LogP contribution in [0.4, 0.5) is 0 Å². The minimum absolute atomic E-state index is 0.504.